The van der Waals surface area contributed by atoms with E-state index in [1.807, 2.05) is 50.2 Å². The number of carbonyl (C=O) groups excluding carboxylic acids is 1. The lowest BCUT2D eigenvalue weighted by Gasteiger charge is -2.15. The Labute approximate surface area is 153 Å². The molecule has 0 aliphatic rings. The Morgan fingerprint density at radius 3 is 2.52 bits per heavy atom. The molecule has 6 heteroatoms. The lowest BCUT2D eigenvalue weighted by Crippen LogP contribution is -2.33. The van der Waals surface area contributed by atoms with Crippen molar-refractivity contribution in [3.05, 3.63) is 58.6 Å². The van der Waals surface area contributed by atoms with E-state index in [1.54, 1.807) is 31.3 Å². The van der Waals surface area contributed by atoms with E-state index < -0.39 is 6.10 Å². The van der Waals surface area contributed by atoms with Gasteiger partial charge in [-0.3, -0.25) is 4.79 Å². The van der Waals surface area contributed by atoms with Crippen molar-refractivity contribution in [3.63, 3.8) is 0 Å². The van der Waals surface area contributed by atoms with E-state index in [0.29, 0.717) is 10.8 Å². The van der Waals surface area contributed by atoms with E-state index in [1.165, 1.54) is 0 Å². The monoisotopic (exact) mass is 359 g/mol. The lowest BCUT2D eigenvalue weighted by molar-refractivity contribution is -0.127. The highest BCUT2D eigenvalue weighted by Gasteiger charge is 2.15. The van der Waals surface area contributed by atoms with Gasteiger partial charge in [0.25, 0.3) is 5.91 Å². The molecule has 0 fully saturated rings. The number of nitrogens with zero attached hydrogens (tertiary/aromatic N) is 2. The van der Waals surface area contributed by atoms with Gasteiger partial charge in [-0.2, -0.15) is 5.10 Å². The highest BCUT2D eigenvalue weighted by molar-refractivity contribution is 6.30. The fourth-order valence-electron chi connectivity index (χ4n) is 2.11. The van der Waals surface area contributed by atoms with E-state index in [9.17, 15) is 4.79 Å². The second-order valence-corrected chi connectivity index (χ2v) is 6.33. The molecule has 0 aliphatic carbocycles. The second kappa shape index (κ2) is 8.53. The van der Waals surface area contributed by atoms with E-state index in [0.717, 1.165) is 16.8 Å². The van der Waals surface area contributed by atoms with Gasteiger partial charge in [0, 0.05) is 24.8 Å². The number of hydrogen-bond acceptors (Lipinski definition) is 4. The first kappa shape index (κ1) is 18.8. The van der Waals surface area contributed by atoms with E-state index >= 15 is 0 Å². The zero-order valence-electron chi connectivity index (χ0n) is 14.8. The molecule has 1 N–H and O–H groups in total. The van der Waals surface area contributed by atoms with Gasteiger partial charge in [-0.15, -0.1) is 0 Å². The van der Waals surface area contributed by atoms with Gasteiger partial charge in [0.2, 0.25) is 0 Å². The first-order valence-corrected chi connectivity index (χ1v) is 8.27. The maximum atomic E-state index is 12.1. The number of aryl methyl sites for hydroxylation is 1. The minimum atomic E-state index is -0.673. The summed E-state index contributed by atoms with van der Waals surface area (Å²) in [6, 6.07) is 13.1. The van der Waals surface area contributed by atoms with Crippen LogP contribution in [0.1, 0.15) is 18.1 Å². The van der Waals surface area contributed by atoms with Crippen molar-refractivity contribution < 1.29 is 9.53 Å². The summed E-state index contributed by atoms with van der Waals surface area (Å²) in [5.74, 6) is 0.297. The number of carbonyl (C=O) groups is 1. The molecule has 1 amide bonds. The van der Waals surface area contributed by atoms with Crippen molar-refractivity contribution in [1.82, 2.24) is 5.43 Å². The number of anilines is 1. The van der Waals surface area contributed by atoms with Crippen LogP contribution < -0.4 is 15.1 Å². The molecule has 0 aromatic heterocycles. The van der Waals surface area contributed by atoms with E-state index in [-0.39, 0.29) is 5.91 Å². The van der Waals surface area contributed by atoms with Crippen LogP contribution in [0.2, 0.25) is 5.02 Å². The van der Waals surface area contributed by atoms with Crippen LogP contribution in [0.5, 0.6) is 5.75 Å². The van der Waals surface area contributed by atoms with Crippen LogP contribution in [0.25, 0.3) is 0 Å². The van der Waals surface area contributed by atoms with Gasteiger partial charge in [-0.25, -0.2) is 5.43 Å². The Morgan fingerprint density at radius 1 is 1.24 bits per heavy atom. The Bertz CT molecular complexity index is 758. The van der Waals surface area contributed by atoms with Crippen LogP contribution >= 0.6 is 11.6 Å². The molecule has 5 nitrogen and oxygen atoms in total. The van der Waals surface area contributed by atoms with Crippen LogP contribution in [0.15, 0.2) is 47.6 Å². The molecule has 25 heavy (non-hydrogen) atoms. The number of nitrogens with one attached hydrogen (secondary N) is 1. The average molecular weight is 360 g/mol. The van der Waals surface area contributed by atoms with Crippen LogP contribution in [0.4, 0.5) is 5.69 Å². The Morgan fingerprint density at radius 2 is 1.92 bits per heavy atom. The fourth-order valence-corrected chi connectivity index (χ4v) is 2.34. The molecule has 2 aromatic rings. The Hall–Kier alpha value is -2.53. The molecule has 0 radical (unpaired) electrons. The Balaban J connectivity index is 1.90. The third kappa shape index (κ3) is 5.50. The third-order valence-electron chi connectivity index (χ3n) is 3.61. The maximum absolute atomic E-state index is 12.1. The molecular formula is C19H22ClN3O2. The second-order valence-electron chi connectivity index (χ2n) is 5.89. The predicted molar refractivity (Wildman–Crippen MR) is 103 cm³/mol. The van der Waals surface area contributed by atoms with Crippen molar-refractivity contribution in [3.8, 4) is 5.75 Å². The summed E-state index contributed by atoms with van der Waals surface area (Å²) >= 11 is 5.91. The number of halogens is 1. The largest absolute Gasteiger partial charge is 0.481 e. The summed E-state index contributed by atoms with van der Waals surface area (Å²) in [6.45, 7) is 3.55. The third-order valence-corrected chi connectivity index (χ3v) is 3.84. The van der Waals surface area contributed by atoms with Gasteiger partial charge in [0.05, 0.1) is 6.21 Å². The molecule has 0 heterocycles. The molecule has 1 atom stereocenters. The average Bonchev–Trinajstić information content (AvgIpc) is 2.57. The molecule has 132 valence electrons. The number of benzene rings is 2. The number of ether oxygens (including phenoxy) is 1. The smallest absolute Gasteiger partial charge is 0.280 e. The minimum Gasteiger partial charge on any atom is -0.481 e. The van der Waals surface area contributed by atoms with Crippen LogP contribution in [-0.2, 0) is 4.79 Å². The number of hydrogen-bond donors (Lipinski definition) is 1. The molecule has 0 spiro atoms. The van der Waals surface area contributed by atoms with Gasteiger partial charge in [0.15, 0.2) is 6.10 Å². The van der Waals surface area contributed by atoms with Crippen molar-refractivity contribution in [2.24, 2.45) is 5.10 Å². The van der Waals surface area contributed by atoms with E-state index in [4.69, 9.17) is 16.3 Å². The molecule has 0 saturated heterocycles. The molecule has 2 rings (SSSR count). The van der Waals surface area contributed by atoms with Gasteiger partial charge >= 0.3 is 0 Å². The first-order valence-electron chi connectivity index (χ1n) is 7.90. The van der Waals surface area contributed by atoms with Gasteiger partial charge in [-0.05, 0) is 55.3 Å². The van der Waals surface area contributed by atoms with Gasteiger partial charge in [-0.1, -0.05) is 23.7 Å². The standard InChI is InChI=1S/C19H22ClN3O2/c1-13-11-16(20)7-10-18(13)25-14(2)19(24)22-21-12-15-5-8-17(9-6-15)23(3)4/h5-12,14H,1-4H3,(H,22,24)/b21-12-. The Kier molecular flexibility index (Phi) is 6.42. The van der Waals surface area contributed by atoms with Crippen molar-refractivity contribution in [2.45, 2.75) is 20.0 Å². The van der Waals surface area contributed by atoms with Crippen molar-refractivity contribution in [1.29, 1.82) is 0 Å². The summed E-state index contributed by atoms with van der Waals surface area (Å²) in [5, 5.41) is 4.61. The zero-order valence-corrected chi connectivity index (χ0v) is 15.5. The quantitative estimate of drug-likeness (QED) is 0.633. The van der Waals surface area contributed by atoms with Crippen LogP contribution in [0, 0.1) is 6.92 Å². The maximum Gasteiger partial charge on any atom is 0.280 e. The van der Waals surface area contributed by atoms with Crippen LogP contribution in [-0.4, -0.2) is 32.3 Å². The molecule has 0 saturated carbocycles. The summed E-state index contributed by atoms with van der Waals surface area (Å²) in [6.07, 6.45) is 0.922. The van der Waals surface area contributed by atoms with Gasteiger partial charge < -0.3 is 9.64 Å². The highest BCUT2D eigenvalue weighted by atomic mass is 35.5. The fraction of sp³-hybridized carbons (Fsp3) is 0.263. The summed E-state index contributed by atoms with van der Waals surface area (Å²) in [5.41, 5.74) is 5.36. The molecule has 0 aliphatic heterocycles. The van der Waals surface area contributed by atoms with Crippen molar-refractivity contribution in [2.75, 3.05) is 19.0 Å². The number of rotatable bonds is 6. The SMILES string of the molecule is Cc1cc(Cl)ccc1OC(C)C(=O)N/N=C\c1ccc(N(C)C)cc1. The molecular weight excluding hydrogens is 338 g/mol. The molecule has 0 bridgehead atoms. The summed E-state index contributed by atoms with van der Waals surface area (Å²) in [7, 11) is 3.96. The van der Waals surface area contributed by atoms with Gasteiger partial charge in [0.1, 0.15) is 5.75 Å². The number of hydrazone groups is 1. The summed E-state index contributed by atoms with van der Waals surface area (Å²) in [4.78, 5) is 14.1. The van der Waals surface area contributed by atoms with Crippen molar-refractivity contribution >= 4 is 29.4 Å². The highest BCUT2D eigenvalue weighted by Crippen LogP contribution is 2.22. The number of amides is 1. The zero-order chi connectivity index (χ0) is 18.4. The molecule has 1 unspecified atom stereocenters. The van der Waals surface area contributed by atoms with Crippen LogP contribution in [0.3, 0.4) is 0 Å². The normalized spacial score (nSPS) is 12.0. The lowest BCUT2D eigenvalue weighted by atomic mass is 10.2. The topological polar surface area (TPSA) is 53.9 Å². The van der Waals surface area contributed by atoms with E-state index in [2.05, 4.69) is 10.5 Å². The summed E-state index contributed by atoms with van der Waals surface area (Å²) < 4.78 is 5.66. The molecule has 2 aromatic carbocycles. The predicted octanol–water partition coefficient (Wildman–Crippen LogP) is 3.63. The first-order chi connectivity index (χ1) is 11.9. The minimum absolute atomic E-state index is 0.324.